The van der Waals surface area contributed by atoms with E-state index in [1.807, 2.05) is 60.3 Å². The van der Waals surface area contributed by atoms with Gasteiger partial charge in [-0.15, -0.1) is 0 Å². The zero-order chi connectivity index (χ0) is 22.2. The first kappa shape index (κ1) is 20.9. The number of likely N-dealkylation sites (N-methyl/N-ethyl adjacent to an activating group) is 2. The van der Waals surface area contributed by atoms with E-state index in [4.69, 9.17) is 9.47 Å². The number of amides is 2. The Balaban J connectivity index is 1.34. The normalized spacial score (nSPS) is 21.2. The summed E-state index contributed by atoms with van der Waals surface area (Å²) >= 11 is 0. The lowest BCUT2D eigenvalue weighted by atomic mass is 9.87. The van der Waals surface area contributed by atoms with Crippen LogP contribution in [0.2, 0.25) is 0 Å². The van der Waals surface area contributed by atoms with E-state index in [2.05, 4.69) is 0 Å². The quantitative estimate of drug-likeness (QED) is 0.736. The molecule has 32 heavy (non-hydrogen) atoms. The maximum Gasteiger partial charge on any atom is 0.253 e. The van der Waals surface area contributed by atoms with Crippen molar-refractivity contribution >= 4 is 11.8 Å². The second-order valence-corrected chi connectivity index (χ2v) is 9.09. The molecule has 2 atom stereocenters. The van der Waals surface area contributed by atoms with Crippen LogP contribution in [0.3, 0.4) is 0 Å². The second-order valence-electron chi connectivity index (χ2n) is 9.09. The molecule has 1 fully saturated rings. The van der Waals surface area contributed by atoms with Gasteiger partial charge in [0.15, 0.2) is 0 Å². The maximum absolute atomic E-state index is 13.3. The summed E-state index contributed by atoms with van der Waals surface area (Å²) in [6.45, 7) is 1.35. The molecular weight excluding hydrogens is 404 g/mol. The van der Waals surface area contributed by atoms with Crippen molar-refractivity contribution in [3.8, 4) is 11.5 Å². The SMILES string of the molecule is CN(C(=O)c1ccc2c(c1)CCO2)[C@@H]1CCCC[C@@H]1N(C)C(=O)c1ccc2c(c1)CCO2. The van der Waals surface area contributed by atoms with Crippen LogP contribution in [0, 0.1) is 0 Å². The zero-order valence-electron chi connectivity index (χ0n) is 18.8. The Morgan fingerprint density at radius 3 is 1.62 bits per heavy atom. The van der Waals surface area contributed by atoms with Crippen molar-refractivity contribution in [3.63, 3.8) is 0 Å². The average molecular weight is 435 g/mol. The van der Waals surface area contributed by atoms with Gasteiger partial charge in [0.2, 0.25) is 0 Å². The molecule has 0 unspecified atom stereocenters. The summed E-state index contributed by atoms with van der Waals surface area (Å²) in [6, 6.07) is 11.4. The minimum atomic E-state index is -0.00698. The van der Waals surface area contributed by atoms with E-state index >= 15 is 0 Å². The smallest absolute Gasteiger partial charge is 0.253 e. The standard InChI is InChI=1S/C26H30N2O4/c1-27(25(29)19-7-9-23-17(15-19)11-13-31-23)21-5-3-4-6-22(21)28(2)26(30)20-8-10-24-18(16-20)12-14-32-24/h7-10,15-16,21-22H,3-6,11-14H2,1-2H3/t21-,22+. The van der Waals surface area contributed by atoms with Gasteiger partial charge in [0.25, 0.3) is 11.8 Å². The van der Waals surface area contributed by atoms with Gasteiger partial charge in [-0.2, -0.15) is 0 Å². The van der Waals surface area contributed by atoms with Crippen LogP contribution in [0.5, 0.6) is 11.5 Å². The summed E-state index contributed by atoms with van der Waals surface area (Å²) in [5.41, 5.74) is 3.57. The molecule has 0 bridgehead atoms. The van der Waals surface area contributed by atoms with Crippen molar-refractivity contribution < 1.29 is 19.1 Å². The lowest BCUT2D eigenvalue weighted by Gasteiger charge is -2.42. The fourth-order valence-electron chi connectivity index (χ4n) is 5.34. The molecule has 1 aliphatic carbocycles. The molecule has 0 saturated heterocycles. The highest BCUT2D eigenvalue weighted by molar-refractivity contribution is 5.96. The number of hydrogen-bond acceptors (Lipinski definition) is 4. The lowest BCUT2D eigenvalue weighted by molar-refractivity contribution is 0.0421. The number of carbonyl (C=O) groups is 2. The van der Waals surface area contributed by atoms with Gasteiger partial charge in [0, 0.05) is 38.1 Å². The molecule has 2 aliphatic heterocycles. The first-order chi connectivity index (χ1) is 15.5. The first-order valence-corrected chi connectivity index (χ1v) is 11.6. The Labute approximate surface area is 189 Å². The third-order valence-corrected chi connectivity index (χ3v) is 7.20. The third kappa shape index (κ3) is 3.72. The Bertz CT molecular complexity index is 967. The Hall–Kier alpha value is -3.02. The number of fused-ring (bicyclic) bond motifs is 2. The largest absolute Gasteiger partial charge is 0.493 e. The number of carbonyl (C=O) groups excluding carboxylic acids is 2. The molecule has 2 amide bonds. The van der Waals surface area contributed by atoms with Crippen molar-refractivity contribution in [2.45, 2.75) is 50.6 Å². The predicted octanol–water partition coefficient (Wildman–Crippen LogP) is 3.71. The molecule has 6 nitrogen and oxygen atoms in total. The molecular formula is C26H30N2O4. The van der Waals surface area contributed by atoms with Gasteiger partial charge < -0.3 is 19.3 Å². The number of ether oxygens (including phenoxy) is 2. The number of rotatable bonds is 4. The van der Waals surface area contributed by atoms with E-state index in [1.54, 1.807) is 0 Å². The second kappa shape index (κ2) is 8.49. The molecule has 0 aromatic heterocycles. The molecule has 0 radical (unpaired) electrons. The average Bonchev–Trinajstić information content (AvgIpc) is 3.50. The van der Waals surface area contributed by atoms with Crippen LogP contribution in [0.15, 0.2) is 36.4 Å². The summed E-state index contributed by atoms with van der Waals surface area (Å²) in [6.07, 6.45) is 5.61. The van der Waals surface area contributed by atoms with E-state index in [0.29, 0.717) is 24.3 Å². The van der Waals surface area contributed by atoms with Crippen molar-refractivity contribution in [1.29, 1.82) is 0 Å². The highest BCUT2D eigenvalue weighted by Gasteiger charge is 2.36. The van der Waals surface area contributed by atoms with E-state index in [9.17, 15) is 9.59 Å². The molecule has 6 heteroatoms. The van der Waals surface area contributed by atoms with Gasteiger partial charge >= 0.3 is 0 Å². The molecule has 0 spiro atoms. The molecule has 5 rings (SSSR count). The van der Waals surface area contributed by atoms with Crippen molar-refractivity contribution in [3.05, 3.63) is 58.7 Å². The van der Waals surface area contributed by atoms with Crippen LogP contribution in [0.4, 0.5) is 0 Å². The van der Waals surface area contributed by atoms with Gasteiger partial charge in [-0.05, 0) is 60.4 Å². The predicted molar refractivity (Wildman–Crippen MR) is 122 cm³/mol. The summed E-state index contributed by atoms with van der Waals surface area (Å²) < 4.78 is 11.2. The van der Waals surface area contributed by atoms with Crippen LogP contribution < -0.4 is 9.47 Å². The van der Waals surface area contributed by atoms with Gasteiger partial charge in [-0.25, -0.2) is 0 Å². The molecule has 0 N–H and O–H groups in total. The highest BCUT2D eigenvalue weighted by atomic mass is 16.5. The summed E-state index contributed by atoms with van der Waals surface area (Å²) in [5.74, 6) is 1.77. The van der Waals surface area contributed by atoms with Gasteiger partial charge in [-0.3, -0.25) is 9.59 Å². The fourth-order valence-corrected chi connectivity index (χ4v) is 5.34. The Morgan fingerprint density at radius 2 is 1.19 bits per heavy atom. The van der Waals surface area contributed by atoms with E-state index in [-0.39, 0.29) is 23.9 Å². The number of hydrogen-bond donors (Lipinski definition) is 0. The zero-order valence-corrected chi connectivity index (χ0v) is 18.8. The molecule has 2 aromatic carbocycles. The van der Waals surface area contributed by atoms with E-state index in [0.717, 1.165) is 61.2 Å². The Morgan fingerprint density at radius 1 is 0.750 bits per heavy atom. The van der Waals surface area contributed by atoms with E-state index < -0.39 is 0 Å². The van der Waals surface area contributed by atoms with Crippen molar-refractivity contribution in [1.82, 2.24) is 9.80 Å². The van der Waals surface area contributed by atoms with Crippen LogP contribution in [-0.2, 0) is 12.8 Å². The van der Waals surface area contributed by atoms with Gasteiger partial charge in [-0.1, -0.05) is 12.8 Å². The molecule has 168 valence electrons. The molecule has 3 aliphatic rings. The van der Waals surface area contributed by atoms with E-state index in [1.165, 1.54) is 0 Å². The van der Waals surface area contributed by atoms with Crippen LogP contribution >= 0.6 is 0 Å². The fraction of sp³-hybridized carbons (Fsp3) is 0.462. The van der Waals surface area contributed by atoms with Crippen molar-refractivity contribution in [2.24, 2.45) is 0 Å². The topological polar surface area (TPSA) is 59.1 Å². The molecule has 2 heterocycles. The monoisotopic (exact) mass is 434 g/mol. The highest BCUT2D eigenvalue weighted by Crippen LogP contribution is 2.31. The maximum atomic E-state index is 13.3. The molecule has 2 aromatic rings. The number of nitrogens with zero attached hydrogens (tertiary/aromatic N) is 2. The summed E-state index contributed by atoms with van der Waals surface area (Å²) in [7, 11) is 3.75. The van der Waals surface area contributed by atoms with Crippen LogP contribution in [0.1, 0.15) is 57.5 Å². The van der Waals surface area contributed by atoms with Crippen LogP contribution in [0.25, 0.3) is 0 Å². The first-order valence-electron chi connectivity index (χ1n) is 11.6. The van der Waals surface area contributed by atoms with Crippen molar-refractivity contribution in [2.75, 3.05) is 27.3 Å². The lowest BCUT2D eigenvalue weighted by Crippen LogP contribution is -2.54. The summed E-state index contributed by atoms with van der Waals surface area (Å²) in [5, 5.41) is 0. The van der Waals surface area contributed by atoms with Gasteiger partial charge in [0.05, 0.1) is 25.3 Å². The third-order valence-electron chi connectivity index (χ3n) is 7.20. The summed E-state index contributed by atoms with van der Waals surface area (Å²) in [4.78, 5) is 30.4. The minimum absolute atomic E-state index is 0.00660. The molecule has 1 saturated carbocycles. The van der Waals surface area contributed by atoms with Gasteiger partial charge in [0.1, 0.15) is 11.5 Å². The number of benzene rings is 2. The Kier molecular flexibility index (Phi) is 5.53. The minimum Gasteiger partial charge on any atom is -0.493 e. The van der Waals surface area contributed by atoms with Crippen LogP contribution in [-0.4, -0.2) is 61.0 Å².